The molecule has 4 nitrogen and oxygen atoms in total. The summed E-state index contributed by atoms with van der Waals surface area (Å²) in [6.07, 6.45) is 3.25. The molecule has 0 amide bonds. The third kappa shape index (κ3) is 2.56. The maximum atomic E-state index is 10.7. The average molecular weight is 236 g/mol. The quantitative estimate of drug-likeness (QED) is 0.509. The minimum Gasteiger partial charge on any atom is -0.548 e. The van der Waals surface area contributed by atoms with E-state index in [4.69, 9.17) is 0 Å². The number of nitrogens with zero attached hydrogens (tertiary/aromatic N) is 2. The van der Waals surface area contributed by atoms with Gasteiger partial charge in [0.25, 0.3) is 0 Å². The van der Waals surface area contributed by atoms with Crippen LogP contribution in [0.4, 0.5) is 5.13 Å². The van der Waals surface area contributed by atoms with Crippen molar-refractivity contribution >= 4 is 22.4 Å². The van der Waals surface area contributed by atoms with Crippen molar-refractivity contribution in [2.45, 2.75) is 18.9 Å². The van der Waals surface area contributed by atoms with Crippen LogP contribution in [0.3, 0.4) is 0 Å². The molecule has 0 aromatic carbocycles. The number of carbonyl (C=O) groups is 1. The van der Waals surface area contributed by atoms with Crippen LogP contribution in [-0.4, -0.2) is 23.5 Å². The van der Waals surface area contributed by atoms with Crippen LogP contribution in [0.2, 0.25) is 0 Å². The average Bonchev–Trinajstić information content (AvgIpc) is 2.74. The van der Waals surface area contributed by atoms with Gasteiger partial charge in [-0.3, -0.25) is 0 Å². The van der Waals surface area contributed by atoms with Crippen LogP contribution in [0, 0.1) is 0 Å². The van der Waals surface area contributed by atoms with Crippen LogP contribution in [0.25, 0.3) is 0 Å². The summed E-state index contributed by atoms with van der Waals surface area (Å²) in [5.74, 6) is -0.993. The molecule has 1 unspecified atom stereocenters. The number of carboxylic acid groups (broad SMARTS) is 1. The van der Waals surface area contributed by atoms with Gasteiger partial charge in [-0.25, -0.2) is 4.98 Å². The Morgan fingerprint density at radius 1 is 1.71 bits per heavy atom. The number of aromatic nitrogens is 1. The van der Waals surface area contributed by atoms with Crippen LogP contribution >= 0.6 is 11.3 Å². The Morgan fingerprint density at radius 2 is 2.50 bits per heavy atom. The summed E-state index contributed by atoms with van der Waals surface area (Å²) in [7, 11) is 0. The molecule has 0 radical (unpaired) electrons. The number of aliphatic carboxylic acids is 1. The van der Waals surface area contributed by atoms with E-state index in [1.54, 1.807) is 11.1 Å². The summed E-state index contributed by atoms with van der Waals surface area (Å²) < 4.78 is 0. The number of carbonyl (C=O) groups excluding carboxylic acids is 1. The predicted octanol–water partition coefficient (Wildman–Crippen LogP) is -3.13. The smallest absolute Gasteiger partial charge is 0.548 e. The molecule has 1 aromatic rings. The molecule has 2 heterocycles. The van der Waals surface area contributed by atoms with E-state index >= 15 is 0 Å². The van der Waals surface area contributed by atoms with Gasteiger partial charge in [0.05, 0.1) is 12.0 Å². The molecule has 2 rings (SSSR count). The molecule has 0 saturated carbocycles. The van der Waals surface area contributed by atoms with E-state index in [9.17, 15) is 9.90 Å². The van der Waals surface area contributed by atoms with E-state index in [2.05, 4.69) is 4.98 Å². The number of hydrogen-bond acceptors (Lipinski definition) is 5. The standard InChI is InChI=1S/C8H10N2O2S.K/c11-7(12)6-2-1-4-10(6)8-9-3-5-13-8;/h3,5-6H,1-2,4H2,(H,11,12);/q;+1/p-1. The van der Waals surface area contributed by atoms with E-state index in [1.807, 2.05) is 5.38 Å². The van der Waals surface area contributed by atoms with Crippen LogP contribution in [0.15, 0.2) is 11.6 Å². The zero-order chi connectivity index (χ0) is 9.26. The van der Waals surface area contributed by atoms with Crippen molar-refractivity contribution in [2.75, 3.05) is 11.4 Å². The summed E-state index contributed by atoms with van der Waals surface area (Å²) >= 11 is 1.47. The zero-order valence-corrected chi connectivity index (χ0v) is 11.9. The zero-order valence-electron chi connectivity index (χ0n) is 7.97. The summed E-state index contributed by atoms with van der Waals surface area (Å²) in [6.45, 7) is 0.770. The Labute approximate surface area is 129 Å². The van der Waals surface area contributed by atoms with Crippen LogP contribution in [-0.2, 0) is 4.79 Å². The molecule has 14 heavy (non-hydrogen) atoms. The predicted molar refractivity (Wildman–Crippen MR) is 47.5 cm³/mol. The molecule has 0 spiro atoms. The maximum absolute atomic E-state index is 10.7. The van der Waals surface area contributed by atoms with E-state index in [-0.39, 0.29) is 51.4 Å². The van der Waals surface area contributed by atoms with Gasteiger partial charge < -0.3 is 14.8 Å². The third-order valence-corrected chi connectivity index (χ3v) is 3.00. The Bertz CT molecular complexity index is 304. The molecule has 0 bridgehead atoms. The van der Waals surface area contributed by atoms with Gasteiger partial charge in [0.15, 0.2) is 5.13 Å². The normalized spacial score (nSPS) is 20.6. The van der Waals surface area contributed by atoms with E-state index < -0.39 is 12.0 Å². The first kappa shape index (κ1) is 12.6. The Hall–Kier alpha value is 0.536. The molecule has 70 valence electrons. The van der Waals surface area contributed by atoms with Gasteiger partial charge in [0.2, 0.25) is 0 Å². The van der Waals surface area contributed by atoms with Crippen molar-refractivity contribution < 1.29 is 61.3 Å². The summed E-state index contributed by atoms with van der Waals surface area (Å²) in [5, 5.41) is 13.4. The molecular weight excluding hydrogens is 227 g/mol. The Balaban J connectivity index is 0.000000980. The number of hydrogen-bond donors (Lipinski definition) is 0. The molecule has 1 atom stereocenters. The molecular formula is C8H9KN2O2S. The monoisotopic (exact) mass is 236 g/mol. The maximum Gasteiger partial charge on any atom is 1.00 e. The first-order valence-electron chi connectivity index (χ1n) is 4.16. The van der Waals surface area contributed by atoms with Crippen LogP contribution in [0.1, 0.15) is 12.8 Å². The fraction of sp³-hybridized carbons (Fsp3) is 0.500. The molecule has 1 saturated heterocycles. The van der Waals surface area contributed by atoms with Gasteiger partial charge in [-0.1, -0.05) is 0 Å². The Kier molecular flexibility index (Phi) is 5.02. The minimum absolute atomic E-state index is 0. The largest absolute Gasteiger partial charge is 1.00 e. The first-order valence-corrected chi connectivity index (χ1v) is 5.04. The van der Waals surface area contributed by atoms with Gasteiger partial charge in [-0.15, -0.1) is 11.3 Å². The van der Waals surface area contributed by atoms with Crippen LogP contribution < -0.4 is 61.4 Å². The molecule has 6 heteroatoms. The SMILES string of the molecule is O=C([O-])C1CCCN1c1nccs1.[K+]. The van der Waals surface area contributed by atoms with Gasteiger partial charge in [0.1, 0.15) is 0 Å². The second-order valence-electron chi connectivity index (χ2n) is 2.99. The molecule has 0 aliphatic carbocycles. The number of thiazole rings is 1. The van der Waals surface area contributed by atoms with Crippen molar-refractivity contribution in [3.63, 3.8) is 0 Å². The number of rotatable bonds is 2. The molecule has 1 fully saturated rings. The molecule has 0 N–H and O–H groups in total. The molecule has 1 aliphatic rings. The molecule has 1 aliphatic heterocycles. The van der Waals surface area contributed by atoms with Crippen molar-refractivity contribution in [3.05, 3.63) is 11.6 Å². The summed E-state index contributed by atoms with van der Waals surface area (Å²) in [6, 6.07) is -0.480. The first-order chi connectivity index (χ1) is 6.29. The third-order valence-electron chi connectivity index (χ3n) is 2.19. The van der Waals surface area contributed by atoms with Crippen molar-refractivity contribution in [2.24, 2.45) is 0 Å². The second kappa shape index (κ2) is 5.57. The van der Waals surface area contributed by atoms with Crippen molar-refractivity contribution in [1.29, 1.82) is 0 Å². The van der Waals surface area contributed by atoms with Gasteiger partial charge in [0, 0.05) is 18.1 Å². The van der Waals surface area contributed by atoms with E-state index in [1.165, 1.54) is 11.3 Å². The summed E-state index contributed by atoms with van der Waals surface area (Å²) in [4.78, 5) is 16.6. The van der Waals surface area contributed by atoms with Crippen LogP contribution in [0.5, 0.6) is 0 Å². The fourth-order valence-corrected chi connectivity index (χ4v) is 2.32. The Morgan fingerprint density at radius 3 is 3.07 bits per heavy atom. The minimum atomic E-state index is -0.993. The number of carboxylic acids is 1. The van der Waals surface area contributed by atoms with Crippen molar-refractivity contribution in [3.8, 4) is 0 Å². The van der Waals surface area contributed by atoms with Gasteiger partial charge >= 0.3 is 51.4 Å². The van der Waals surface area contributed by atoms with Gasteiger partial charge in [-0.2, -0.15) is 0 Å². The topological polar surface area (TPSA) is 56.3 Å². The summed E-state index contributed by atoms with van der Waals surface area (Å²) in [5.41, 5.74) is 0. The van der Waals surface area contributed by atoms with Crippen molar-refractivity contribution in [1.82, 2.24) is 4.98 Å². The number of anilines is 1. The molecule has 1 aromatic heterocycles. The fourth-order valence-electron chi connectivity index (χ4n) is 1.60. The second-order valence-corrected chi connectivity index (χ2v) is 3.86. The van der Waals surface area contributed by atoms with E-state index in [0.717, 1.165) is 18.1 Å². The van der Waals surface area contributed by atoms with E-state index in [0.29, 0.717) is 6.42 Å². The van der Waals surface area contributed by atoms with Gasteiger partial charge in [-0.05, 0) is 12.8 Å².